The number of hydrogen-bond acceptors (Lipinski definition) is 5. The summed E-state index contributed by atoms with van der Waals surface area (Å²) in [5, 5.41) is 14.6. The first kappa shape index (κ1) is 15.4. The van der Waals surface area contributed by atoms with E-state index in [1.807, 2.05) is 6.92 Å². The number of tetrazole rings is 1. The van der Waals surface area contributed by atoms with Crippen molar-refractivity contribution in [3.8, 4) is 5.75 Å². The van der Waals surface area contributed by atoms with E-state index in [2.05, 4.69) is 25.6 Å². The Bertz CT molecular complexity index is 593. The molecule has 0 radical (unpaired) electrons. The minimum Gasteiger partial charge on any atom is -0.433 e. The molecule has 1 N–H and O–H groups in total. The highest BCUT2D eigenvalue weighted by atomic mass is 35.5. The summed E-state index contributed by atoms with van der Waals surface area (Å²) in [6, 6.07) is 4.48. The second-order valence-corrected chi connectivity index (χ2v) is 4.60. The van der Waals surface area contributed by atoms with E-state index < -0.39 is 6.61 Å². The third-order valence-electron chi connectivity index (χ3n) is 2.64. The molecule has 114 valence electrons. The van der Waals surface area contributed by atoms with Gasteiger partial charge < -0.3 is 10.1 Å². The number of benzene rings is 1. The van der Waals surface area contributed by atoms with Crippen molar-refractivity contribution in [2.24, 2.45) is 0 Å². The average molecular weight is 318 g/mol. The lowest BCUT2D eigenvalue weighted by Gasteiger charge is -2.10. The summed E-state index contributed by atoms with van der Waals surface area (Å²) >= 11 is 5.87. The van der Waals surface area contributed by atoms with Gasteiger partial charge in [-0.1, -0.05) is 18.5 Å². The summed E-state index contributed by atoms with van der Waals surface area (Å²) in [5.41, 5.74) is 0.660. The Kier molecular flexibility index (Phi) is 5.26. The van der Waals surface area contributed by atoms with Gasteiger partial charge in [-0.15, -0.1) is 5.10 Å². The molecule has 0 unspecified atom stereocenters. The fourth-order valence-corrected chi connectivity index (χ4v) is 1.94. The minimum atomic E-state index is -2.90. The smallest absolute Gasteiger partial charge is 0.387 e. The Morgan fingerprint density at radius 2 is 2.24 bits per heavy atom. The molecule has 1 heterocycles. The van der Waals surface area contributed by atoms with Crippen LogP contribution in [-0.4, -0.2) is 26.8 Å². The highest BCUT2D eigenvalue weighted by Crippen LogP contribution is 2.29. The molecule has 0 spiro atoms. The predicted molar refractivity (Wildman–Crippen MR) is 73.5 cm³/mol. The summed E-state index contributed by atoms with van der Waals surface area (Å²) < 4.78 is 30.2. The Morgan fingerprint density at radius 1 is 1.43 bits per heavy atom. The van der Waals surface area contributed by atoms with E-state index in [1.54, 1.807) is 10.7 Å². The van der Waals surface area contributed by atoms with Gasteiger partial charge in [-0.05, 0) is 35.0 Å². The molecule has 0 aliphatic rings. The van der Waals surface area contributed by atoms with E-state index in [0.717, 1.165) is 13.0 Å². The van der Waals surface area contributed by atoms with Gasteiger partial charge in [0.2, 0.25) is 0 Å². The molecule has 0 saturated heterocycles. The Hall–Kier alpha value is -1.96. The van der Waals surface area contributed by atoms with E-state index >= 15 is 0 Å². The Morgan fingerprint density at radius 3 is 2.90 bits per heavy atom. The van der Waals surface area contributed by atoms with Gasteiger partial charge in [-0.2, -0.15) is 8.78 Å². The highest BCUT2D eigenvalue weighted by molar-refractivity contribution is 6.32. The molecule has 0 saturated carbocycles. The van der Waals surface area contributed by atoms with E-state index in [1.165, 1.54) is 12.1 Å². The van der Waals surface area contributed by atoms with Crippen LogP contribution in [0.4, 0.5) is 14.5 Å². The Labute approximate surface area is 125 Å². The summed E-state index contributed by atoms with van der Waals surface area (Å²) in [6.45, 7) is 0.255. The maximum absolute atomic E-state index is 12.1. The molecule has 1 aromatic carbocycles. The van der Waals surface area contributed by atoms with Gasteiger partial charge in [0.05, 0.1) is 11.6 Å². The van der Waals surface area contributed by atoms with E-state index in [4.69, 9.17) is 11.6 Å². The van der Waals surface area contributed by atoms with Crippen LogP contribution < -0.4 is 10.1 Å². The predicted octanol–water partition coefficient (Wildman–Crippen LogP) is 2.95. The SMILES string of the molecule is CCCn1nnnc1CNc1ccc(OC(F)F)c(Cl)c1. The van der Waals surface area contributed by atoms with Crippen molar-refractivity contribution < 1.29 is 13.5 Å². The number of halogens is 3. The lowest BCUT2D eigenvalue weighted by molar-refractivity contribution is -0.0497. The number of nitrogens with zero attached hydrogens (tertiary/aromatic N) is 4. The molecule has 2 rings (SSSR count). The fraction of sp³-hybridized carbons (Fsp3) is 0.417. The molecule has 0 bridgehead atoms. The molecule has 0 aliphatic carbocycles. The molecule has 6 nitrogen and oxygen atoms in total. The van der Waals surface area contributed by atoms with Crippen LogP contribution in [-0.2, 0) is 13.1 Å². The number of rotatable bonds is 7. The number of nitrogens with one attached hydrogen (secondary N) is 1. The zero-order chi connectivity index (χ0) is 15.2. The molecular weight excluding hydrogens is 304 g/mol. The lowest BCUT2D eigenvalue weighted by Crippen LogP contribution is -2.10. The number of ether oxygens (including phenoxy) is 1. The van der Waals surface area contributed by atoms with Crippen molar-refractivity contribution in [3.05, 3.63) is 29.0 Å². The summed E-state index contributed by atoms with van der Waals surface area (Å²) in [6.07, 6.45) is 0.920. The number of aromatic nitrogens is 4. The van der Waals surface area contributed by atoms with Crippen molar-refractivity contribution in [2.75, 3.05) is 5.32 Å². The second kappa shape index (κ2) is 7.16. The van der Waals surface area contributed by atoms with E-state index in [0.29, 0.717) is 18.1 Å². The van der Waals surface area contributed by atoms with Crippen LogP contribution in [0.5, 0.6) is 5.75 Å². The number of aryl methyl sites for hydroxylation is 1. The maximum Gasteiger partial charge on any atom is 0.387 e. The van der Waals surface area contributed by atoms with E-state index in [9.17, 15) is 8.78 Å². The molecule has 1 aromatic heterocycles. The van der Waals surface area contributed by atoms with E-state index in [-0.39, 0.29) is 10.8 Å². The zero-order valence-electron chi connectivity index (χ0n) is 11.3. The van der Waals surface area contributed by atoms with Gasteiger partial charge >= 0.3 is 6.61 Å². The van der Waals surface area contributed by atoms with Crippen molar-refractivity contribution >= 4 is 17.3 Å². The van der Waals surface area contributed by atoms with Gasteiger partial charge in [0, 0.05) is 12.2 Å². The largest absolute Gasteiger partial charge is 0.433 e. The fourth-order valence-electron chi connectivity index (χ4n) is 1.72. The minimum absolute atomic E-state index is 0.0620. The topological polar surface area (TPSA) is 64.9 Å². The quantitative estimate of drug-likeness (QED) is 0.850. The van der Waals surface area contributed by atoms with Crippen molar-refractivity contribution in [1.29, 1.82) is 0 Å². The molecule has 9 heteroatoms. The highest BCUT2D eigenvalue weighted by Gasteiger charge is 2.10. The van der Waals surface area contributed by atoms with Crippen LogP contribution in [0.3, 0.4) is 0 Å². The number of alkyl halides is 2. The van der Waals surface area contributed by atoms with Crippen LogP contribution in [0.15, 0.2) is 18.2 Å². The number of hydrogen-bond donors (Lipinski definition) is 1. The van der Waals surface area contributed by atoms with Crippen molar-refractivity contribution in [3.63, 3.8) is 0 Å². The summed E-state index contributed by atoms with van der Waals surface area (Å²) in [5.74, 6) is 0.619. The van der Waals surface area contributed by atoms with Crippen LogP contribution in [0.2, 0.25) is 5.02 Å². The monoisotopic (exact) mass is 317 g/mol. The molecule has 0 aliphatic heterocycles. The maximum atomic E-state index is 12.1. The zero-order valence-corrected chi connectivity index (χ0v) is 12.0. The van der Waals surface area contributed by atoms with Crippen molar-refractivity contribution in [2.45, 2.75) is 33.0 Å². The molecule has 21 heavy (non-hydrogen) atoms. The average Bonchev–Trinajstić information content (AvgIpc) is 2.87. The van der Waals surface area contributed by atoms with Gasteiger partial charge in [-0.25, -0.2) is 4.68 Å². The van der Waals surface area contributed by atoms with Crippen LogP contribution in [0.1, 0.15) is 19.2 Å². The third kappa shape index (κ3) is 4.25. The van der Waals surface area contributed by atoms with Gasteiger partial charge in [-0.3, -0.25) is 0 Å². The number of anilines is 1. The standard InChI is InChI=1S/C12H14ClF2N5O/c1-2-5-20-11(17-18-19-20)7-16-8-3-4-10(9(13)6-8)21-12(14)15/h3-4,6,12,16H,2,5,7H2,1H3. The second-order valence-electron chi connectivity index (χ2n) is 4.20. The van der Waals surface area contributed by atoms with Crippen LogP contribution >= 0.6 is 11.6 Å². The summed E-state index contributed by atoms with van der Waals surface area (Å²) in [4.78, 5) is 0. The van der Waals surface area contributed by atoms with Crippen molar-refractivity contribution in [1.82, 2.24) is 20.2 Å². The summed E-state index contributed by atoms with van der Waals surface area (Å²) in [7, 11) is 0. The molecule has 0 amide bonds. The molecule has 0 atom stereocenters. The van der Waals surface area contributed by atoms with Crippen LogP contribution in [0.25, 0.3) is 0 Å². The normalized spacial score (nSPS) is 10.9. The van der Waals surface area contributed by atoms with Gasteiger partial charge in [0.1, 0.15) is 5.75 Å². The molecule has 0 fully saturated rings. The van der Waals surface area contributed by atoms with Crippen LogP contribution in [0, 0.1) is 0 Å². The van der Waals surface area contributed by atoms with Gasteiger partial charge in [0.15, 0.2) is 5.82 Å². The lowest BCUT2D eigenvalue weighted by atomic mass is 10.3. The van der Waals surface area contributed by atoms with Gasteiger partial charge in [0.25, 0.3) is 0 Å². The first-order chi connectivity index (χ1) is 10.1. The first-order valence-electron chi connectivity index (χ1n) is 6.33. The Balaban J connectivity index is 2.00. The third-order valence-corrected chi connectivity index (χ3v) is 2.94. The molecule has 2 aromatic rings. The molecular formula is C12H14ClF2N5O. The first-order valence-corrected chi connectivity index (χ1v) is 6.71.